The number of oxime groups is 1. The lowest BCUT2D eigenvalue weighted by Crippen LogP contribution is -2.06. The van der Waals surface area contributed by atoms with Gasteiger partial charge < -0.3 is 4.84 Å². The molecule has 1 heterocycles. The predicted octanol–water partition coefficient (Wildman–Crippen LogP) is 2.36. The molecule has 2 rings (SSSR count). The summed E-state index contributed by atoms with van der Waals surface area (Å²) in [4.78, 5) is 15.7. The quantitative estimate of drug-likeness (QED) is 0.451. The van der Waals surface area contributed by atoms with Crippen LogP contribution in [0.15, 0.2) is 35.0 Å². The molecule has 0 N–H and O–H groups in total. The molecule has 0 fully saturated rings. The maximum Gasteiger partial charge on any atom is 0.367 e. The van der Waals surface area contributed by atoms with Crippen LogP contribution < -0.4 is 0 Å². The molecule has 5 heteroatoms. The van der Waals surface area contributed by atoms with Crippen molar-refractivity contribution in [1.29, 1.82) is 0 Å². The number of hydrogen-bond donors (Lipinski definition) is 0. The molecule has 0 aromatic heterocycles. The van der Waals surface area contributed by atoms with Gasteiger partial charge >= 0.3 is 5.97 Å². The minimum atomic E-state index is -0.612. The van der Waals surface area contributed by atoms with E-state index in [0.717, 1.165) is 0 Å². The summed E-state index contributed by atoms with van der Waals surface area (Å²) < 4.78 is 13.3. The van der Waals surface area contributed by atoms with E-state index in [2.05, 4.69) is 9.99 Å². The van der Waals surface area contributed by atoms with Crippen molar-refractivity contribution in [3.8, 4) is 0 Å². The summed E-state index contributed by atoms with van der Waals surface area (Å²) in [5.41, 5.74) is 0.809. The third kappa shape index (κ3) is 1.97. The Morgan fingerprint density at radius 3 is 2.88 bits per heavy atom. The monoisotopic (exact) mass is 239 g/mol. The summed E-state index contributed by atoms with van der Waals surface area (Å²) in [6, 6.07) is 6.11. The second-order valence-electron chi connectivity index (χ2n) is 3.13. The summed E-state index contributed by atoms with van der Waals surface area (Å²) in [5, 5.41) is 3.49. The summed E-state index contributed by atoms with van der Waals surface area (Å²) in [6.07, 6.45) is 1.38. The summed E-state index contributed by atoms with van der Waals surface area (Å²) in [7, 11) is 0. The van der Waals surface area contributed by atoms with Crippen molar-refractivity contribution in [3.63, 3.8) is 0 Å². The fraction of sp³-hybridized carbons (Fsp3) is 0.0909. The van der Waals surface area contributed by atoms with Crippen LogP contribution in [-0.4, -0.2) is 17.6 Å². The predicted molar refractivity (Wildman–Crippen MR) is 58.6 cm³/mol. The highest BCUT2D eigenvalue weighted by Gasteiger charge is 2.24. The fourth-order valence-corrected chi connectivity index (χ4v) is 1.49. The second-order valence-corrected chi connectivity index (χ2v) is 3.40. The normalized spacial score (nSPS) is 17.5. The number of alkyl halides is 1. The van der Waals surface area contributed by atoms with Gasteiger partial charge in [-0.2, -0.15) is 0 Å². The molecule has 0 saturated heterocycles. The molecule has 3 nitrogen and oxygen atoms in total. The van der Waals surface area contributed by atoms with E-state index >= 15 is 0 Å². The first-order chi connectivity index (χ1) is 7.72. The molecule has 1 aliphatic rings. The summed E-state index contributed by atoms with van der Waals surface area (Å²) in [5.74, 6) is -0.978. The first kappa shape index (κ1) is 10.8. The Bertz CT molecular complexity index is 497. The SMILES string of the molecule is O=C1ON=C(CCl)/C1=C/c1ccccc1F. The van der Waals surface area contributed by atoms with E-state index in [4.69, 9.17) is 11.6 Å². The molecule has 0 aliphatic carbocycles. The Morgan fingerprint density at radius 2 is 2.19 bits per heavy atom. The Balaban J connectivity index is 2.41. The maximum atomic E-state index is 13.3. The van der Waals surface area contributed by atoms with Gasteiger partial charge in [-0.15, -0.1) is 11.6 Å². The van der Waals surface area contributed by atoms with Gasteiger partial charge in [-0.25, -0.2) is 9.18 Å². The van der Waals surface area contributed by atoms with Gasteiger partial charge in [0.2, 0.25) is 0 Å². The van der Waals surface area contributed by atoms with Gasteiger partial charge in [0.1, 0.15) is 11.5 Å². The van der Waals surface area contributed by atoms with Crippen LogP contribution in [0.4, 0.5) is 4.39 Å². The summed E-state index contributed by atoms with van der Waals surface area (Å²) >= 11 is 5.58. The van der Waals surface area contributed by atoms with Crippen LogP contribution in [0.5, 0.6) is 0 Å². The summed E-state index contributed by atoms with van der Waals surface area (Å²) in [6.45, 7) is 0. The zero-order chi connectivity index (χ0) is 11.5. The zero-order valence-corrected chi connectivity index (χ0v) is 8.87. The smallest absolute Gasteiger partial charge is 0.312 e. The van der Waals surface area contributed by atoms with Crippen molar-refractivity contribution in [2.45, 2.75) is 0 Å². The molecule has 0 saturated carbocycles. The van der Waals surface area contributed by atoms with Crippen LogP contribution in [0.3, 0.4) is 0 Å². The molecule has 1 aromatic carbocycles. The molecule has 1 aromatic rings. The van der Waals surface area contributed by atoms with Gasteiger partial charge in [0.05, 0.1) is 11.5 Å². The molecule has 0 radical (unpaired) electrons. The van der Waals surface area contributed by atoms with Crippen molar-refractivity contribution >= 4 is 29.4 Å². The minimum Gasteiger partial charge on any atom is -0.312 e. The molecule has 16 heavy (non-hydrogen) atoms. The Hall–Kier alpha value is -1.68. The van der Waals surface area contributed by atoms with Crippen molar-refractivity contribution in [3.05, 3.63) is 41.2 Å². The van der Waals surface area contributed by atoms with Crippen molar-refractivity contribution in [2.75, 3.05) is 5.88 Å². The third-order valence-electron chi connectivity index (χ3n) is 2.10. The average molecular weight is 240 g/mol. The van der Waals surface area contributed by atoms with Crippen LogP contribution in [0.2, 0.25) is 0 Å². The average Bonchev–Trinajstić information content (AvgIpc) is 2.63. The molecule has 0 amide bonds. The van der Waals surface area contributed by atoms with Crippen LogP contribution in [0, 0.1) is 5.82 Å². The highest BCUT2D eigenvalue weighted by molar-refractivity contribution is 6.38. The van der Waals surface area contributed by atoms with Crippen LogP contribution in [0.1, 0.15) is 5.56 Å². The molecular weight excluding hydrogens is 233 g/mol. The number of rotatable bonds is 2. The second kappa shape index (κ2) is 4.45. The van der Waals surface area contributed by atoms with Gasteiger partial charge in [-0.1, -0.05) is 23.4 Å². The van der Waals surface area contributed by atoms with E-state index < -0.39 is 11.8 Å². The van der Waals surface area contributed by atoms with Crippen molar-refractivity contribution in [2.24, 2.45) is 5.16 Å². The fourth-order valence-electron chi connectivity index (χ4n) is 1.30. The minimum absolute atomic E-state index is 0.0476. The molecule has 0 atom stereocenters. The van der Waals surface area contributed by atoms with E-state index in [1.165, 1.54) is 12.1 Å². The molecule has 0 bridgehead atoms. The van der Waals surface area contributed by atoms with Gasteiger partial charge in [-0.3, -0.25) is 0 Å². The molecule has 1 aliphatic heterocycles. The van der Waals surface area contributed by atoms with Gasteiger partial charge in [0.15, 0.2) is 0 Å². The number of halogens is 2. The van der Waals surface area contributed by atoms with Gasteiger partial charge in [0.25, 0.3) is 0 Å². The topological polar surface area (TPSA) is 38.7 Å². The van der Waals surface area contributed by atoms with Crippen LogP contribution in [0.25, 0.3) is 6.08 Å². The number of carbonyl (C=O) groups is 1. The lowest BCUT2D eigenvalue weighted by atomic mass is 10.1. The van der Waals surface area contributed by atoms with E-state index in [0.29, 0.717) is 11.3 Å². The van der Waals surface area contributed by atoms with Crippen molar-refractivity contribution in [1.82, 2.24) is 0 Å². The standard InChI is InChI=1S/C11H7ClFNO2/c12-6-10-8(11(15)16-14-10)5-7-3-1-2-4-9(7)13/h1-5H,6H2/b8-5-. The first-order valence-electron chi connectivity index (χ1n) is 4.53. The maximum absolute atomic E-state index is 13.3. The van der Waals surface area contributed by atoms with E-state index in [-0.39, 0.29) is 11.5 Å². The van der Waals surface area contributed by atoms with Gasteiger partial charge in [0, 0.05) is 5.56 Å². The number of benzene rings is 1. The molecular formula is C11H7ClFNO2. The first-order valence-corrected chi connectivity index (χ1v) is 5.06. The van der Waals surface area contributed by atoms with E-state index in [1.807, 2.05) is 0 Å². The zero-order valence-electron chi connectivity index (χ0n) is 8.11. The number of hydrogen-bond acceptors (Lipinski definition) is 3. The highest BCUT2D eigenvalue weighted by Crippen LogP contribution is 2.18. The molecule has 82 valence electrons. The number of nitrogens with zero attached hydrogens (tertiary/aromatic N) is 1. The number of carbonyl (C=O) groups excluding carboxylic acids is 1. The Labute approximate surface area is 96.2 Å². The Kier molecular flexibility index (Phi) is 3.01. The lowest BCUT2D eigenvalue weighted by Gasteiger charge is -1.97. The van der Waals surface area contributed by atoms with E-state index in [1.54, 1.807) is 18.2 Å². The lowest BCUT2D eigenvalue weighted by molar-refractivity contribution is -0.136. The molecule has 0 unspecified atom stereocenters. The largest absolute Gasteiger partial charge is 0.367 e. The van der Waals surface area contributed by atoms with E-state index in [9.17, 15) is 9.18 Å². The molecule has 0 spiro atoms. The Morgan fingerprint density at radius 1 is 1.44 bits per heavy atom. The van der Waals surface area contributed by atoms with Crippen LogP contribution >= 0.6 is 11.6 Å². The third-order valence-corrected chi connectivity index (χ3v) is 2.35. The van der Waals surface area contributed by atoms with Crippen molar-refractivity contribution < 1.29 is 14.0 Å². The van der Waals surface area contributed by atoms with Gasteiger partial charge in [-0.05, 0) is 12.1 Å². The highest BCUT2D eigenvalue weighted by atomic mass is 35.5. The van der Waals surface area contributed by atoms with Crippen LogP contribution in [-0.2, 0) is 9.63 Å².